The molecule has 2 amide bonds. The fraction of sp³-hybridized carbons (Fsp3) is 0.706. The average molecular weight is 367 g/mol. The van der Waals surface area contributed by atoms with E-state index in [1.165, 1.54) is 11.3 Å². The molecule has 0 bridgehead atoms. The second-order valence-corrected chi connectivity index (χ2v) is 7.21. The van der Waals surface area contributed by atoms with Gasteiger partial charge < -0.3 is 19.7 Å². The van der Waals surface area contributed by atoms with Crippen molar-refractivity contribution in [2.24, 2.45) is 0 Å². The number of carbonyl (C=O) groups excluding carboxylic acids is 2. The number of nitrogens with one attached hydrogen (secondary N) is 1. The number of rotatable bonds is 6. The second kappa shape index (κ2) is 9.26. The van der Waals surface area contributed by atoms with Gasteiger partial charge in [-0.3, -0.25) is 9.59 Å². The summed E-state index contributed by atoms with van der Waals surface area (Å²) >= 11 is 1.53. The van der Waals surface area contributed by atoms with Gasteiger partial charge in [0.25, 0.3) is 0 Å². The van der Waals surface area contributed by atoms with Crippen LogP contribution in [0, 0.1) is 0 Å². The highest BCUT2D eigenvalue weighted by Crippen LogP contribution is 2.15. The number of aromatic nitrogens is 1. The molecule has 1 N–H and O–H groups in total. The van der Waals surface area contributed by atoms with Crippen LogP contribution in [0.5, 0.6) is 0 Å². The molecule has 0 spiro atoms. The summed E-state index contributed by atoms with van der Waals surface area (Å²) in [4.78, 5) is 30.3. The summed E-state index contributed by atoms with van der Waals surface area (Å²) < 4.78 is 11.4. The minimum Gasteiger partial charge on any atom is -0.379 e. The molecule has 1 aromatic rings. The van der Waals surface area contributed by atoms with Crippen LogP contribution in [0.25, 0.3) is 0 Å². The highest BCUT2D eigenvalue weighted by molar-refractivity contribution is 7.07. The molecular formula is C17H25N3O4S. The summed E-state index contributed by atoms with van der Waals surface area (Å²) in [7, 11) is 0. The molecule has 2 fully saturated rings. The lowest BCUT2D eigenvalue weighted by molar-refractivity contribution is -0.137. The van der Waals surface area contributed by atoms with Crippen molar-refractivity contribution in [3.05, 3.63) is 16.6 Å². The molecule has 8 heteroatoms. The van der Waals surface area contributed by atoms with Gasteiger partial charge in [-0.1, -0.05) is 6.42 Å². The Morgan fingerprint density at radius 3 is 3.20 bits per heavy atom. The van der Waals surface area contributed by atoms with Crippen molar-refractivity contribution < 1.29 is 19.1 Å². The van der Waals surface area contributed by atoms with Crippen LogP contribution in [-0.4, -0.2) is 60.1 Å². The zero-order valence-electron chi connectivity index (χ0n) is 14.3. The number of hydrogen-bond acceptors (Lipinski definition) is 6. The number of amides is 2. The van der Waals surface area contributed by atoms with Crippen LogP contribution in [0.15, 0.2) is 10.9 Å². The first-order valence-electron chi connectivity index (χ1n) is 8.86. The van der Waals surface area contributed by atoms with Gasteiger partial charge in [-0.05, 0) is 19.3 Å². The third-order valence-corrected chi connectivity index (χ3v) is 5.22. The summed E-state index contributed by atoms with van der Waals surface area (Å²) in [5.41, 5.74) is 2.66. The molecule has 2 aliphatic rings. The van der Waals surface area contributed by atoms with Crippen molar-refractivity contribution in [3.63, 3.8) is 0 Å². The smallest absolute Gasteiger partial charge is 0.239 e. The monoisotopic (exact) mass is 367 g/mol. The van der Waals surface area contributed by atoms with Crippen LogP contribution in [0.3, 0.4) is 0 Å². The normalized spacial score (nSPS) is 24.8. The number of hydrogen-bond donors (Lipinski definition) is 1. The lowest BCUT2D eigenvalue weighted by Crippen LogP contribution is -2.52. The Morgan fingerprint density at radius 1 is 1.44 bits per heavy atom. The second-order valence-electron chi connectivity index (χ2n) is 6.49. The third kappa shape index (κ3) is 5.49. The molecule has 2 atom stereocenters. The summed E-state index contributed by atoms with van der Waals surface area (Å²) in [5.74, 6) is -0.0413. The quantitative estimate of drug-likeness (QED) is 0.821. The maximum absolute atomic E-state index is 12.4. The zero-order valence-corrected chi connectivity index (χ0v) is 15.1. The van der Waals surface area contributed by atoms with Crippen molar-refractivity contribution in [2.75, 3.05) is 26.3 Å². The van der Waals surface area contributed by atoms with Crippen molar-refractivity contribution in [1.29, 1.82) is 0 Å². The Balaban J connectivity index is 1.49. The van der Waals surface area contributed by atoms with E-state index in [1.807, 2.05) is 5.38 Å². The molecular weight excluding hydrogens is 342 g/mol. The van der Waals surface area contributed by atoms with Gasteiger partial charge in [0.2, 0.25) is 11.8 Å². The van der Waals surface area contributed by atoms with Gasteiger partial charge >= 0.3 is 0 Å². The molecule has 25 heavy (non-hydrogen) atoms. The molecule has 2 aliphatic heterocycles. The number of carbonyl (C=O) groups is 2. The van der Waals surface area contributed by atoms with E-state index in [0.29, 0.717) is 39.2 Å². The van der Waals surface area contributed by atoms with E-state index in [1.54, 1.807) is 10.4 Å². The van der Waals surface area contributed by atoms with Gasteiger partial charge in [0.15, 0.2) is 0 Å². The van der Waals surface area contributed by atoms with Gasteiger partial charge in [-0.2, -0.15) is 0 Å². The highest BCUT2D eigenvalue weighted by Gasteiger charge is 2.29. The summed E-state index contributed by atoms with van der Waals surface area (Å²) in [6, 6.07) is -0.0954. The third-order valence-electron chi connectivity index (χ3n) is 4.59. The molecule has 1 aromatic heterocycles. The van der Waals surface area contributed by atoms with Crippen molar-refractivity contribution in [2.45, 2.75) is 50.9 Å². The molecule has 0 aliphatic carbocycles. The van der Waals surface area contributed by atoms with E-state index in [9.17, 15) is 9.59 Å². The van der Waals surface area contributed by atoms with E-state index in [0.717, 1.165) is 25.0 Å². The molecule has 0 aromatic carbocycles. The minimum absolute atomic E-state index is 0.0796. The Labute approximate surface area is 151 Å². The highest BCUT2D eigenvalue weighted by atomic mass is 32.1. The van der Waals surface area contributed by atoms with Gasteiger partial charge in [0.1, 0.15) is 6.10 Å². The lowest BCUT2D eigenvalue weighted by atomic mass is 10.1. The minimum atomic E-state index is -0.195. The fourth-order valence-electron chi connectivity index (χ4n) is 3.17. The van der Waals surface area contributed by atoms with Crippen molar-refractivity contribution >= 4 is 23.2 Å². The Kier molecular flexibility index (Phi) is 6.77. The van der Waals surface area contributed by atoms with Gasteiger partial charge in [0, 0.05) is 25.0 Å². The Hall–Kier alpha value is -1.51. The molecule has 3 heterocycles. The maximum atomic E-state index is 12.4. The van der Waals surface area contributed by atoms with Gasteiger partial charge in [-0.25, -0.2) is 4.98 Å². The number of likely N-dealkylation sites (tertiary alicyclic amines) is 1. The van der Waals surface area contributed by atoms with Crippen molar-refractivity contribution in [1.82, 2.24) is 15.2 Å². The first kappa shape index (κ1) is 18.3. The first-order valence-corrected chi connectivity index (χ1v) is 9.80. The van der Waals surface area contributed by atoms with Crippen LogP contribution in [0.4, 0.5) is 0 Å². The molecule has 138 valence electrons. The van der Waals surface area contributed by atoms with Crippen molar-refractivity contribution in [3.8, 4) is 0 Å². The van der Waals surface area contributed by atoms with Crippen LogP contribution >= 0.6 is 11.3 Å². The summed E-state index contributed by atoms with van der Waals surface area (Å²) in [6.07, 6.45) is 4.00. The summed E-state index contributed by atoms with van der Waals surface area (Å²) in [6.45, 7) is 2.27. The van der Waals surface area contributed by atoms with Crippen LogP contribution in [-0.2, 0) is 25.7 Å². The van der Waals surface area contributed by atoms with E-state index >= 15 is 0 Å². The maximum Gasteiger partial charge on any atom is 0.239 e. The predicted octanol–water partition coefficient (Wildman–Crippen LogP) is 1.34. The lowest BCUT2D eigenvalue weighted by Gasteiger charge is -2.32. The molecule has 7 nitrogen and oxygen atoms in total. The fourth-order valence-corrected chi connectivity index (χ4v) is 3.72. The van der Waals surface area contributed by atoms with Crippen LogP contribution in [0.1, 0.15) is 37.8 Å². The predicted molar refractivity (Wildman–Crippen MR) is 93.1 cm³/mol. The van der Waals surface area contributed by atoms with Crippen LogP contribution in [0.2, 0.25) is 0 Å². The number of ether oxygens (including phenoxy) is 2. The summed E-state index contributed by atoms with van der Waals surface area (Å²) in [5, 5.41) is 4.98. The zero-order chi connectivity index (χ0) is 17.5. The molecule has 3 rings (SSSR count). The SMILES string of the molecule is O=C(CN1CCCCCC1=O)N[C@@H]1CCOC[C@H]1OCc1cscn1. The largest absolute Gasteiger partial charge is 0.379 e. The molecule has 0 radical (unpaired) electrons. The standard InChI is InChI=1S/C17H25N3O4S/c21-16(8-20-6-3-1-2-4-17(20)22)19-14-5-7-23-10-15(14)24-9-13-11-25-12-18-13/h11-12,14-15H,1-10H2,(H,19,21)/t14-,15-/m1/s1. The van der Waals surface area contributed by atoms with Gasteiger partial charge in [-0.15, -0.1) is 11.3 Å². The topological polar surface area (TPSA) is 80.8 Å². The van der Waals surface area contributed by atoms with E-state index in [2.05, 4.69) is 10.3 Å². The van der Waals surface area contributed by atoms with Gasteiger partial charge in [0.05, 0.1) is 37.0 Å². The molecule has 0 saturated carbocycles. The first-order chi connectivity index (χ1) is 12.2. The number of thiazole rings is 1. The number of nitrogens with zero attached hydrogens (tertiary/aromatic N) is 2. The van der Waals surface area contributed by atoms with E-state index in [4.69, 9.17) is 9.47 Å². The van der Waals surface area contributed by atoms with Crippen LogP contribution < -0.4 is 5.32 Å². The molecule has 0 unspecified atom stereocenters. The van der Waals surface area contributed by atoms with E-state index in [-0.39, 0.29) is 30.5 Å². The Bertz CT molecular complexity index is 566. The van der Waals surface area contributed by atoms with E-state index < -0.39 is 0 Å². The molecule has 2 saturated heterocycles. The average Bonchev–Trinajstić information content (AvgIpc) is 3.05. The Morgan fingerprint density at radius 2 is 2.36 bits per heavy atom.